The predicted molar refractivity (Wildman–Crippen MR) is 127 cm³/mol. The number of nitrogens with zero attached hydrogens (tertiary/aromatic N) is 2. The smallest absolute Gasteiger partial charge is 0.308 e. The number of Topliss-reactive ketones (excluding diaryl/α,β-unsaturated/α-hetero) is 1. The Morgan fingerprint density at radius 2 is 1.88 bits per heavy atom. The molecule has 3 aromatic rings. The minimum atomic E-state index is -0.890. The van der Waals surface area contributed by atoms with Gasteiger partial charge in [0.05, 0.1) is 23.7 Å². The Morgan fingerprint density at radius 1 is 1.15 bits per heavy atom. The lowest BCUT2D eigenvalue weighted by Crippen LogP contribution is -2.23. The van der Waals surface area contributed by atoms with Crippen molar-refractivity contribution in [3.8, 4) is 16.9 Å². The number of hydrogen-bond donors (Lipinski definition) is 3. The summed E-state index contributed by atoms with van der Waals surface area (Å²) in [6.07, 6.45) is 3.83. The van der Waals surface area contributed by atoms with Crippen LogP contribution in [-0.4, -0.2) is 37.2 Å². The first kappa shape index (κ1) is 23.9. The van der Waals surface area contributed by atoms with Crippen LogP contribution in [-0.2, 0) is 22.6 Å². The van der Waals surface area contributed by atoms with E-state index >= 15 is 0 Å². The maximum Gasteiger partial charge on any atom is 0.308 e. The van der Waals surface area contributed by atoms with Crippen LogP contribution in [0.4, 0.5) is 0 Å². The molecule has 1 heterocycles. The summed E-state index contributed by atoms with van der Waals surface area (Å²) in [7, 11) is 0. The molecule has 0 spiro atoms. The van der Waals surface area contributed by atoms with Crippen LogP contribution in [0.1, 0.15) is 43.0 Å². The highest BCUT2D eigenvalue weighted by atomic mass is 16.4. The van der Waals surface area contributed by atoms with Gasteiger partial charge < -0.3 is 20.2 Å². The molecule has 7 nitrogen and oxygen atoms in total. The van der Waals surface area contributed by atoms with Crippen LogP contribution in [0.2, 0.25) is 0 Å². The summed E-state index contributed by atoms with van der Waals surface area (Å²) in [6.45, 7) is 5.76. The normalized spacial score (nSPS) is 12.8. The second-order valence-corrected chi connectivity index (χ2v) is 8.37. The number of aromatic nitrogens is 2. The van der Waals surface area contributed by atoms with Crippen LogP contribution < -0.4 is 0 Å². The summed E-state index contributed by atoms with van der Waals surface area (Å²) in [5.41, 5.74) is 4.03. The molecule has 1 aromatic heterocycles. The lowest BCUT2D eigenvalue weighted by molar-refractivity contribution is -0.141. The Kier molecular flexibility index (Phi) is 7.43. The van der Waals surface area contributed by atoms with Crippen LogP contribution in [0.15, 0.2) is 55.0 Å². The summed E-state index contributed by atoms with van der Waals surface area (Å²) < 4.78 is 1.69. The third-order valence-corrected chi connectivity index (χ3v) is 5.85. The second-order valence-electron chi connectivity index (χ2n) is 8.37. The number of phenolic OH excluding ortho intramolecular Hbond substituents is 1. The Bertz CT molecular complexity index is 1180. The van der Waals surface area contributed by atoms with Gasteiger partial charge in [0.25, 0.3) is 0 Å². The molecule has 0 saturated carbocycles. The molecular formula is C26H29N3O4. The van der Waals surface area contributed by atoms with Crippen molar-refractivity contribution in [1.29, 1.82) is 5.41 Å². The van der Waals surface area contributed by atoms with E-state index in [0.717, 1.165) is 22.3 Å². The molecule has 2 unspecified atom stereocenters. The number of carbonyl (C=O) groups excluding carboxylic acids is 1. The quantitative estimate of drug-likeness (QED) is 0.393. The highest BCUT2D eigenvalue weighted by molar-refractivity contribution is 6.41. The molecule has 2 atom stereocenters. The van der Waals surface area contributed by atoms with Gasteiger partial charge in [-0.1, -0.05) is 44.2 Å². The van der Waals surface area contributed by atoms with Crippen molar-refractivity contribution in [1.82, 2.24) is 9.55 Å². The Morgan fingerprint density at radius 3 is 2.55 bits per heavy atom. The van der Waals surface area contributed by atoms with Crippen LogP contribution in [0.5, 0.6) is 5.75 Å². The lowest BCUT2D eigenvalue weighted by Gasteiger charge is -2.16. The molecular weight excluding hydrogens is 418 g/mol. The van der Waals surface area contributed by atoms with Crippen molar-refractivity contribution in [2.75, 3.05) is 0 Å². The van der Waals surface area contributed by atoms with Gasteiger partial charge >= 0.3 is 5.97 Å². The van der Waals surface area contributed by atoms with Gasteiger partial charge in [0.15, 0.2) is 5.78 Å². The first-order chi connectivity index (χ1) is 15.7. The van der Waals surface area contributed by atoms with E-state index in [1.54, 1.807) is 42.2 Å². The van der Waals surface area contributed by atoms with E-state index in [1.165, 1.54) is 0 Å². The Hall–Kier alpha value is -3.74. The van der Waals surface area contributed by atoms with E-state index in [-0.39, 0.29) is 30.2 Å². The van der Waals surface area contributed by atoms with E-state index in [1.807, 2.05) is 38.1 Å². The first-order valence-corrected chi connectivity index (χ1v) is 10.9. The largest absolute Gasteiger partial charge is 0.508 e. The maximum absolute atomic E-state index is 13.1. The molecule has 2 aromatic carbocycles. The number of rotatable bonds is 10. The fourth-order valence-electron chi connectivity index (χ4n) is 3.92. The average Bonchev–Trinajstić information content (AvgIpc) is 3.23. The van der Waals surface area contributed by atoms with Crippen LogP contribution in [0, 0.1) is 18.3 Å². The maximum atomic E-state index is 13.1. The third kappa shape index (κ3) is 5.55. The molecule has 3 N–H and O–H groups in total. The molecule has 3 rings (SSSR count). The van der Waals surface area contributed by atoms with Gasteiger partial charge in [-0.05, 0) is 47.7 Å². The number of hydrogen-bond acceptors (Lipinski definition) is 5. The van der Waals surface area contributed by atoms with Gasteiger partial charge in [-0.15, -0.1) is 0 Å². The topological polar surface area (TPSA) is 116 Å². The van der Waals surface area contributed by atoms with Crippen molar-refractivity contribution < 1.29 is 19.8 Å². The standard InChI is InChI=1S/C26H29N3O4/c1-4-20(23-14-29(15-28-23)13-17(3)26(32)33)25(27)24(31)11-18-9-10-19(30)12-22(18)21-8-6-5-7-16(21)2/h5-10,12,14-15,17,20,27,30H,4,11,13H2,1-3H3,(H,32,33). The number of benzene rings is 2. The van der Waals surface area contributed by atoms with Crippen molar-refractivity contribution in [2.45, 2.75) is 46.1 Å². The van der Waals surface area contributed by atoms with Gasteiger partial charge in [-0.3, -0.25) is 9.59 Å². The molecule has 0 bridgehead atoms. The minimum Gasteiger partial charge on any atom is -0.508 e. The third-order valence-electron chi connectivity index (χ3n) is 5.85. The molecule has 0 amide bonds. The highest BCUT2D eigenvalue weighted by Crippen LogP contribution is 2.31. The molecule has 0 radical (unpaired) electrons. The number of aryl methyl sites for hydroxylation is 1. The number of nitrogens with one attached hydrogen (secondary N) is 1. The monoisotopic (exact) mass is 447 g/mol. The molecule has 0 aliphatic carbocycles. The minimum absolute atomic E-state index is 0.0298. The van der Waals surface area contributed by atoms with Gasteiger partial charge in [0, 0.05) is 25.1 Å². The van der Waals surface area contributed by atoms with Crippen molar-refractivity contribution in [3.05, 3.63) is 71.8 Å². The molecule has 7 heteroatoms. The van der Waals surface area contributed by atoms with Crippen LogP contribution in [0.25, 0.3) is 11.1 Å². The number of ketones is 1. The van der Waals surface area contributed by atoms with E-state index in [2.05, 4.69) is 4.98 Å². The van der Waals surface area contributed by atoms with Gasteiger partial charge in [0.1, 0.15) is 5.75 Å². The molecule has 0 saturated heterocycles. The number of phenols is 1. The van der Waals surface area contributed by atoms with Crippen molar-refractivity contribution >= 4 is 17.5 Å². The number of imidazole rings is 1. The van der Waals surface area contributed by atoms with Crippen LogP contribution >= 0.6 is 0 Å². The summed E-state index contributed by atoms with van der Waals surface area (Å²) in [4.78, 5) is 28.6. The summed E-state index contributed by atoms with van der Waals surface area (Å²) >= 11 is 0. The lowest BCUT2D eigenvalue weighted by atomic mass is 9.88. The molecule has 0 aliphatic rings. The molecule has 0 aliphatic heterocycles. The molecule has 172 valence electrons. The van der Waals surface area contributed by atoms with Gasteiger partial charge in [-0.25, -0.2) is 4.98 Å². The zero-order valence-corrected chi connectivity index (χ0v) is 19.1. The Balaban J connectivity index is 1.82. The number of aliphatic carboxylic acids is 1. The van der Waals surface area contributed by atoms with Gasteiger partial charge in [-0.2, -0.15) is 0 Å². The van der Waals surface area contributed by atoms with E-state index in [0.29, 0.717) is 12.1 Å². The summed E-state index contributed by atoms with van der Waals surface area (Å²) in [5, 5.41) is 27.7. The van der Waals surface area contributed by atoms with E-state index in [4.69, 9.17) is 10.5 Å². The molecule has 33 heavy (non-hydrogen) atoms. The number of carboxylic acid groups (broad SMARTS) is 1. The number of carbonyl (C=O) groups is 2. The van der Waals surface area contributed by atoms with Crippen molar-refractivity contribution in [3.63, 3.8) is 0 Å². The van der Waals surface area contributed by atoms with Gasteiger partial charge in [0.2, 0.25) is 0 Å². The second kappa shape index (κ2) is 10.3. The molecule has 0 fully saturated rings. The predicted octanol–water partition coefficient (Wildman–Crippen LogP) is 4.61. The fourth-order valence-corrected chi connectivity index (χ4v) is 3.92. The summed E-state index contributed by atoms with van der Waals surface area (Å²) in [6, 6.07) is 12.7. The Labute approximate surface area is 193 Å². The SMILES string of the molecule is CCC(C(=N)C(=O)Cc1ccc(O)cc1-c1ccccc1C)c1cn(CC(C)C(=O)O)cn1. The highest BCUT2D eigenvalue weighted by Gasteiger charge is 2.25. The number of carboxylic acids is 1. The zero-order valence-electron chi connectivity index (χ0n) is 19.1. The number of aromatic hydroxyl groups is 1. The fraction of sp³-hybridized carbons (Fsp3) is 0.308. The van der Waals surface area contributed by atoms with E-state index < -0.39 is 17.8 Å². The zero-order chi connectivity index (χ0) is 24.1. The average molecular weight is 448 g/mol. The van der Waals surface area contributed by atoms with E-state index in [9.17, 15) is 14.7 Å². The first-order valence-electron chi connectivity index (χ1n) is 10.9. The van der Waals surface area contributed by atoms with Crippen molar-refractivity contribution in [2.24, 2.45) is 5.92 Å². The summed E-state index contributed by atoms with van der Waals surface area (Å²) in [5.74, 6) is -2.12. The van der Waals surface area contributed by atoms with Crippen LogP contribution in [0.3, 0.4) is 0 Å².